The Bertz CT molecular complexity index is 144. The second-order valence-corrected chi connectivity index (χ2v) is 5.60. The van der Waals surface area contributed by atoms with Gasteiger partial charge in [0, 0.05) is 22.5 Å². The quantitative estimate of drug-likeness (QED) is 0.701. The molecule has 0 aromatic rings. The Hall–Kier alpha value is 0.170. The highest BCUT2D eigenvalue weighted by Crippen LogP contribution is 2.32. The molecule has 1 unspecified atom stereocenters. The lowest BCUT2D eigenvalue weighted by molar-refractivity contribution is -0.137. The Labute approximate surface area is 81.5 Å². The third kappa shape index (κ3) is 4.26. The van der Waals surface area contributed by atoms with Crippen LogP contribution in [0.25, 0.3) is 0 Å². The Morgan fingerprint density at radius 2 is 2.33 bits per heavy atom. The summed E-state index contributed by atoms with van der Waals surface area (Å²) in [6, 6.07) is 0. The highest BCUT2D eigenvalue weighted by Gasteiger charge is 2.15. The van der Waals surface area contributed by atoms with Crippen LogP contribution in [0, 0.1) is 0 Å². The van der Waals surface area contributed by atoms with Gasteiger partial charge in [-0.05, 0) is 12.8 Å². The number of rotatable bonds is 5. The van der Waals surface area contributed by atoms with Gasteiger partial charge >= 0.3 is 5.97 Å². The number of carbonyl (C=O) groups is 1. The molecule has 4 heteroatoms. The van der Waals surface area contributed by atoms with E-state index in [9.17, 15) is 4.79 Å². The number of hydrogen-bond acceptors (Lipinski definition) is 3. The fraction of sp³-hybridized carbons (Fsp3) is 0.875. The molecule has 0 spiro atoms. The zero-order valence-corrected chi connectivity index (χ0v) is 8.62. The second-order valence-electron chi connectivity index (χ2n) is 2.92. The standard InChI is InChI=1S/C8H14O2S2/c9-8(10)4-2-1-3-7-5-11-6-12-7/h7H,1-6H2,(H,9,10). The van der Waals surface area contributed by atoms with Crippen molar-refractivity contribution in [2.24, 2.45) is 0 Å². The van der Waals surface area contributed by atoms with Crippen LogP contribution < -0.4 is 0 Å². The number of thioether (sulfide) groups is 2. The van der Waals surface area contributed by atoms with Gasteiger partial charge in [-0.1, -0.05) is 6.42 Å². The molecule has 1 atom stereocenters. The third-order valence-corrected chi connectivity index (χ3v) is 4.79. The third-order valence-electron chi connectivity index (χ3n) is 1.86. The SMILES string of the molecule is O=C(O)CCCCC1CSCS1. The fourth-order valence-electron chi connectivity index (χ4n) is 1.19. The van der Waals surface area contributed by atoms with Crippen molar-refractivity contribution in [1.29, 1.82) is 0 Å². The van der Waals surface area contributed by atoms with Gasteiger partial charge in [-0.3, -0.25) is 4.79 Å². The second kappa shape index (κ2) is 5.75. The van der Waals surface area contributed by atoms with Gasteiger partial charge in [0.25, 0.3) is 0 Å². The van der Waals surface area contributed by atoms with Gasteiger partial charge in [-0.2, -0.15) is 0 Å². The van der Waals surface area contributed by atoms with E-state index in [0.717, 1.165) is 18.1 Å². The monoisotopic (exact) mass is 206 g/mol. The molecule has 1 fully saturated rings. The van der Waals surface area contributed by atoms with Crippen molar-refractivity contribution in [3.63, 3.8) is 0 Å². The van der Waals surface area contributed by atoms with Crippen molar-refractivity contribution in [3.05, 3.63) is 0 Å². The van der Waals surface area contributed by atoms with Crippen molar-refractivity contribution >= 4 is 29.5 Å². The predicted molar refractivity (Wildman–Crippen MR) is 54.8 cm³/mol. The largest absolute Gasteiger partial charge is 0.481 e. The van der Waals surface area contributed by atoms with Crippen LogP contribution >= 0.6 is 23.5 Å². The summed E-state index contributed by atoms with van der Waals surface area (Å²) in [5.41, 5.74) is 0. The van der Waals surface area contributed by atoms with E-state index in [1.54, 1.807) is 0 Å². The first-order valence-electron chi connectivity index (χ1n) is 4.20. The van der Waals surface area contributed by atoms with E-state index in [0.29, 0.717) is 6.42 Å². The van der Waals surface area contributed by atoms with E-state index >= 15 is 0 Å². The molecule has 0 saturated carbocycles. The average molecular weight is 206 g/mol. The van der Waals surface area contributed by atoms with E-state index in [1.165, 1.54) is 17.3 Å². The summed E-state index contributed by atoms with van der Waals surface area (Å²) in [5.74, 6) is 0.598. The molecule has 1 aliphatic heterocycles. The predicted octanol–water partition coefficient (Wildman–Crippen LogP) is 2.44. The van der Waals surface area contributed by atoms with Crippen molar-refractivity contribution < 1.29 is 9.90 Å². The van der Waals surface area contributed by atoms with Gasteiger partial charge in [0.15, 0.2) is 0 Å². The van der Waals surface area contributed by atoms with E-state index in [-0.39, 0.29) is 0 Å². The highest BCUT2D eigenvalue weighted by atomic mass is 32.2. The van der Waals surface area contributed by atoms with Crippen LogP contribution in [-0.4, -0.2) is 27.2 Å². The molecule has 1 aliphatic rings. The summed E-state index contributed by atoms with van der Waals surface area (Å²) >= 11 is 4.01. The lowest BCUT2D eigenvalue weighted by atomic mass is 10.1. The van der Waals surface area contributed by atoms with Gasteiger partial charge in [0.05, 0.1) is 0 Å². The molecule has 1 rings (SSSR count). The Balaban J connectivity index is 1.91. The molecular weight excluding hydrogens is 192 g/mol. The number of unbranched alkanes of at least 4 members (excludes halogenated alkanes) is 1. The van der Waals surface area contributed by atoms with Crippen molar-refractivity contribution in [3.8, 4) is 0 Å². The van der Waals surface area contributed by atoms with E-state index < -0.39 is 5.97 Å². The van der Waals surface area contributed by atoms with Crippen LogP contribution in [0.15, 0.2) is 0 Å². The van der Waals surface area contributed by atoms with Crippen LogP contribution in [0.5, 0.6) is 0 Å². The van der Waals surface area contributed by atoms with E-state index in [2.05, 4.69) is 0 Å². The van der Waals surface area contributed by atoms with Crippen molar-refractivity contribution in [2.75, 3.05) is 10.8 Å². The van der Waals surface area contributed by atoms with Crippen LogP contribution in [-0.2, 0) is 4.79 Å². The Kier molecular flexibility index (Phi) is 4.92. The summed E-state index contributed by atoms with van der Waals surface area (Å²) < 4.78 is 0. The minimum Gasteiger partial charge on any atom is -0.481 e. The van der Waals surface area contributed by atoms with Crippen LogP contribution in [0.4, 0.5) is 0 Å². The van der Waals surface area contributed by atoms with E-state index in [1.807, 2.05) is 23.5 Å². The maximum Gasteiger partial charge on any atom is 0.303 e. The summed E-state index contributed by atoms with van der Waals surface area (Å²) in [4.78, 5) is 10.2. The lowest BCUT2D eigenvalue weighted by Gasteiger charge is -2.05. The first-order chi connectivity index (χ1) is 5.79. The minimum absolute atomic E-state index is 0.338. The van der Waals surface area contributed by atoms with E-state index in [4.69, 9.17) is 5.11 Å². The summed E-state index contributed by atoms with van der Waals surface area (Å²) in [6.07, 6.45) is 3.46. The normalized spacial score (nSPS) is 22.8. The van der Waals surface area contributed by atoms with Gasteiger partial charge in [-0.25, -0.2) is 0 Å². The molecule has 0 radical (unpaired) electrons. The molecular formula is C8H14O2S2. The first kappa shape index (κ1) is 10.3. The smallest absolute Gasteiger partial charge is 0.303 e. The van der Waals surface area contributed by atoms with Crippen LogP contribution in [0.2, 0.25) is 0 Å². The summed E-state index contributed by atoms with van der Waals surface area (Å²) in [6.45, 7) is 0. The topological polar surface area (TPSA) is 37.3 Å². The molecule has 0 bridgehead atoms. The number of carboxylic acids is 1. The lowest BCUT2D eigenvalue weighted by Crippen LogP contribution is -2.01. The number of aliphatic carboxylic acids is 1. The molecule has 2 nitrogen and oxygen atoms in total. The maximum absolute atomic E-state index is 10.2. The summed E-state index contributed by atoms with van der Waals surface area (Å²) in [7, 11) is 0. The molecule has 12 heavy (non-hydrogen) atoms. The van der Waals surface area contributed by atoms with Gasteiger partial charge in [0.2, 0.25) is 0 Å². The molecule has 1 heterocycles. The van der Waals surface area contributed by atoms with Gasteiger partial charge in [-0.15, -0.1) is 23.5 Å². The number of hydrogen-bond donors (Lipinski definition) is 1. The Morgan fingerprint density at radius 3 is 2.92 bits per heavy atom. The van der Waals surface area contributed by atoms with Crippen LogP contribution in [0.1, 0.15) is 25.7 Å². The zero-order valence-electron chi connectivity index (χ0n) is 6.99. The highest BCUT2D eigenvalue weighted by molar-refractivity contribution is 8.19. The van der Waals surface area contributed by atoms with Gasteiger partial charge < -0.3 is 5.11 Å². The molecule has 1 N–H and O–H groups in total. The molecule has 70 valence electrons. The van der Waals surface area contributed by atoms with Crippen molar-refractivity contribution in [2.45, 2.75) is 30.9 Å². The summed E-state index contributed by atoms with van der Waals surface area (Å²) in [5, 5.41) is 10.4. The molecule has 0 aliphatic carbocycles. The minimum atomic E-state index is -0.663. The number of carboxylic acid groups (broad SMARTS) is 1. The van der Waals surface area contributed by atoms with Crippen LogP contribution in [0.3, 0.4) is 0 Å². The zero-order chi connectivity index (χ0) is 8.81. The first-order valence-corrected chi connectivity index (χ1v) is 6.40. The van der Waals surface area contributed by atoms with Crippen molar-refractivity contribution in [1.82, 2.24) is 0 Å². The molecule has 1 saturated heterocycles. The molecule has 0 aromatic heterocycles. The van der Waals surface area contributed by atoms with Gasteiger partial charge in [0.1, 0.15) is 0 Å². The fourth-order valence-corrected chi connectivity index (χ4v) is 4.16. The molecule has 0 amide bonds. The Morgan fingerprint density at radius 1 is 1.50 bits per heavy atom. The molecule has 0 aromatic carbocycles. The maximum atomic E-state index is 10.2. The average Bonchev–Trinajstić information content (AvgIpc) is 2.49.